The summed E-state index contributed by atoms with van der Waals surface area (Å²) in [6.07, 6.45) is 2.74. The number of aromatic nitrogens is 1. The van der Waals surface area contributed by atoms with Crippen LogP contribution < -0.4 is 15.8 Å². The maximum absolute atomic E-state index is 12.4. The van der Waals surface area contributed by atoms with Crippen molar-refractivity contribution in [2.24, 2.45) is 11.7 Å². The molecule has 0 aliphatic carbocycles. The summed E-state index contributed by atoms with van der Waals surface area (Å²) < 4.78 is 35.2. The summed E-state index contributed by atoms with van der Waals surface area (Å²) in [7, 11) is -2.31. The number of benzene rings is 1. The lowest BCUT2D eigenvalue weighted by atomic mass is 9.93. The molecule has 164 valence electrons. The van der Waals surface area contributed by atoms with Crippen molar-refractivity contribution in [3.8, 4) is 16.9 Å². The SMILES string of the molecule is COC(=O)Nc1cc(-c2ccc(OC[C@](C)(N)CC(C)C)c(S(C)(=O)=O)c2)ccn1. The lowest BCUT2D eigenvalue weighted by Crippen LogP contribution is -2.43. The number of carbonyl (C=O) groups is 1. The molecule has 1 aromatic heterocycles. The standard InChI is InChI=1S/C21H29N3O5S/c1-14(2)12-21(3,22)13-29-17-7-6-15(10-18(17)30(5,26)27)16-8-9-23-19(11-16)24-20(25)28-4/h6-11,14H,12-13,22H2,1-5H3,(H,23,24,25)/t21-/m1/s1. The van der Waals surface area contributed by atoms with E-state index < -0.39 is 21.5 Å². The van der Waals surface area contributed by atoms with E-state index in [0.717, 1.165) is 12.7 Å². The van der Waals surface area contributed by atoms with Crippen LogP contribution in [0.1, 0.15) is 27.2 Å². The van der Waals surface area contributed by atoms with Crippen molar-refractivity contribution in [3.63, 3.8) is 0 Å². The molecule has 30 heavy (non-hydrogen) atoms. The Kier molecular flexibility index (Phi) is 7.44. The monoisotopic (exact) mass is 435 g/mol. The second-order valence-corrected chi connectivity index (χ2v) is 10.0. The van der Waals surface area contributed by atoms with E-state index in [-0.39, 0.29) is 23.1 Å². The fourth-order valence-electron chi connectivity index (χ4n) is 3.16. The minimum atomic E-state index is -3.56. The molecule has 0 bridgehead atoms. The van der Waals surface area contributed by atoms with Gasteiger partial charge in [0.2, 0.25) is 0 Å². The van der Waals surface area contributed by atoms with Gasteiger partial charge in [-0.05, 0) is 54.7 Å². The highest BCUT2D eigenvalue weighted by Gasteiger charge is 2.23. The largest absolute Gasteiger partial charge is 0.490 e. The summed E-state index contributed by atoms with van der Waals surface area (Å²) in [4.78, 5) is 15.5. The first-order chi connectivity index (χ1) is 13.9. The van der Waals surface area contributed by atoms with Crippen LogP contribution in [0.2, 0.25) is 0 Å². The van der Waals surface area contributed by atoms with Crippen molar-refractivity contribution >= 4 is 21.7 Å². The highest BCUT2D eigenvalue weighted by molar-refractivity contribution is 7.90. The number of anilines is 1. The van der Waals surface area contributed by atoms with E-state index in [9.17, 15) is 13.2 Å². The van der Waals surface area contributed by atoms with Gasteiger partial charge in [-0.25, -0.2) is 18.2 Å². The van der Waals surface area contributed by atoms with Crippen LogP contribution in [-0.2, 0) is 14.6 Å². The lowest BCUT2D eigenvalue weighted by Gasteiger charge is -2.27. The van der Waals surface area contributed by atoms with Gasteiger partial charge in [0.05, 0.1) is 7.11 Å². The summed E-state index contributed by atoms with van der Waals surface area (Å²) in [5.74, 6) is 0.927. The smallest absolute Gasteiger partial charge is 0.412 e. The van der Waals surface area contributed by atoms with Gasteiger partial charge in [-0.1, -0.05) is 19.9 Å². The minimum absolute atomic E-state index is 0.0691. The number of rotatable bonds is 8. The Balaban J connectivity index is 2.35. The van der Waals surface area contributed by atoms with E-state index in [2.05, 4.69) is 28.9 Å². The second-order valence-electron chi connectivity index (χ2n) is 8.02. The number of nitrogens with zero attached hydrogens (tertiary/aromatic N) is 1. The molecule has 0 aliphatic heterocycles. The van der Waals surface area contributed by atoms with Crippen molar-refractivity contribution in [1.29, 1.82) is 0 Å². The van der Waals surface area contributed by atoms with E-state index in [1.54, 1.807) is 24.3 Å². The van der Waals surface area contributed by atoms with Crippen molar-refractivity contribution in [2.45, 2.75) is 37.6 Å². The van der Waals surface area contributed by atoms with Gasteiger partial charge in [0.1, 0.15) is 23.1 Å². The van der Waals surface area contributed by atoms with E-state index >= 15 is 0 Å². The predicted octanol–water partition coefficient (Wildman–Crippen LogP) is 3.47. The number of pyridine rings is 1. The molecule has 0 fully saturated rings. The topological polar surface area (TPSA) is 121 Å². The fraction of sp³-hybridized carbons (Fsp3) is 0.429. The molecule has 0 aliphatic rings. The first-order valence-electron chi connectivity index (χ1n) is 9.48. The molecular formula is C21H29N3O5S. The third-order valence-corrected chi connectivity index (χ3v) is 5.40. The molecule has 0 radical (unpaired) electrons. The molecule has 8 nitrogen and oxygen atoms in total. The molecule has 0 saturated carbocycles. The first kappa shape index (κ1) is 23.6. The average molecular weight is 436 g/mol. The zero-order chi connectivity index (χ0) is 22.5. The third kappa shape index (κ3) is 6.70. The molecule has 9 heteroatoms. The molecule has 2 aromatic rings. The molecule has 2 rings (SSSR count). The van der Waals surface area contributed by atoms with E-state index in [4.69, 9.17) is 10.5 Å². The summed E-state index contributed by atoms with van der Waals surface area (Å²) >= 11 is 0. The van der Waals surface area contributed by atoms with Gasteiger partial charge in [-0.3, -0.25) is 5.32 Å². The fourth-order valence-corrected chi connectivity index (χ4v) is 4.00. The number of nitrogens with two attached hydrogens (primary N) is 1. The zero-order valence-corrected chi connectivity index (χ0v) is 18.7. The van der Waals surface area contributed by atoms with Crippen LogP contribution in [0.15, 0.2) is 41.4 Å². The highest BCUT2D eigenvalue weighted by atomic mass is 32.2. The number of hydrogen-bond donors (Lipinski definition) is 2. The molecule has 3 N–H and O–H groups in total. The maximum Gasteiger partial charge on any atom is 0.412 e. The van der Waals surface area contributed by atoms with Crippen molar-refractivity contribution in [2.75, 3.05) is 25.3 Å². The van der Waals surface area contributed by atoms with Crippen LogP contribution in [0.5, 0.6) is 5.75 Å². The summed E-state index contributed by atoms with van der Waals surface area (Å²) in [5, 5.41) is 2.48. The van der Waals surface area contributed by atoms with Crippen LogP contribution >= 0.6 is 0 Å². The molecule has 0 unspecified atom stereocenters. The van der Waals surface area contributed by atoms with Crippen LogP contribution in [0.4, 0.5) is 10.6 Å². The van der Waals surface area contributed by atoms with Gasteiger partial charge in [-0.2, -0.15) is 0 Å². The van der Waals surface area contributed by atoms with E-state index in [1.807, 2.05) is 6.92 Å². The van der Waals surface area contributed by atoms with Crippen molar-refractivity contribution in [3.05, 3.63) is 36.5 Å². The Morgan fingerprint density at radius 2 is 1.90 bits per heavy atom. The molecular weight excluding hydrogens is 406 g/mol. The average Bonchev–Trinajstić information content (AvgIpc) is 2.64. The normalized spacial score (nSPS) is 13.6. The number of hydrogen-bond acceptors (Lipinski definition) is 7. The number of methoxy groups -OCH3 is 1. The highest BCUT2D eigenvalue weighted by Crippen LogP contribution is 2.31. The molecule has 1 amide bonds. The van der Waals surface area contributed by atoms with Gasteiger partial charge in [0.25, 0.3) is 0 Å². The number of nitrogens with one attached hydrogen (secondary N) is 1. The van der Waals surface area contributed by atoms with Crippen LogP contribution in [0.3, 0.4) is 0 Å². The summed E-state index contributed by atoms with van der Waals surface area (Å²) in [5.41, 5.74) is 7.02. The number of sulfone groups is 1. The zero-order valence-electron chi connectivity index (χ0n) is 17.9. The van der Waals surface area contributed by atoms with Crippen LogP contribution in [0, 0.1) is 5.92 Å². The lowest BCUT2D eigenvalue weighted by molar-refractivity contribution is 0.187. The number of amides is 1. The third-order valence-electron chi connectivity index (χ3n) is 4.28. The minimum Gasteiger partial charge on any atom is -0.490 e. The second kappa shape index (κ2) is 9.44. The van der Waals surface area contributed by atoms with Gasteiger partial charge in [0, 0.05) is 18.0 Å². The number of carbonyl (C=O) groups excluding carboxylic acids is 1. The quantitative estimate of drug-likeness (QED) is 0.651. The van der Waals surface area contributed by atoms with Gasteiger partial charge >= 0.3 is 6.09 Å². The Morgan fingerprint density at radius 1 is 1.23 bits per heavy atom. The Morgan fingerprint density at radius 3 is 2.50 bits per heavy atom. The Hall–Kier alpha value is -2.65. The Bertz CT molecular complexity index is 1000. The predicted molar refractivity (Wildman–Crippen MR) is 116 cm³/mol. The summed E-state index contributed by atoms with van der Waals surface area (Å²) in [6, 6.07) is 8.24. The molecule has 0 saturated heterocycles. The van der Waals surface area contributed by atoms with Gasteiger partial charge < -0.3 is 15.2 Å². The van der Waals surface area contributed by atoms with Crippen molar-refractivity contribution in [1.82, 2.24) is 4.98 Å². The van der Waals surface area contributed by atoms with E-state index in [0.29, 0.717) is 17.0 Å². The van der Waals surface area contributed by atoms with E-state index in [1.165, 1.54) is 19.4 Å². The molecule has 0 spiro atoms. The molecule has 1 atom stereocenters. The molecule has 1 aromatic carbocycles. The first-order valence-corrected chi connectivity index (χ1v) is 11.4. The van der Waals surface area contributed by atoms with Gasteiger partial charge in [0.15, 0.2) is 9.84 Å². The van der Waals surface area contributed by atoms with Gasteiger partial charge in [-0.15, -0.1) is 0 Å². The summed E-state index contributed by atoms with van der Waals surface area (Å²) in [6.45, 7) is 6.21. The maximum atomic E-state index is 12.4. The van der Waals surface area contributed by atoms with Crippen LogP contribution in [-0.4, -0.2) is 45.0 Å². The number of ether oxygens (including phenoxy) is 2. The molecule has 1 heterocycles. The van der Waals surface area contributed by atoms with Crippen molar-refractivity contribution < 1.29 is 22.7 Å². The van der Waals surface area contributed by atoms with Crippen LogP contribution in [0.25, 0.3) is 11.1 Å². The Labute approximate surface area is 177 Å².